The molecule has 4 aliphatic rings. The molecular weight excluding hydrogens is 602 g/mol. The first-order valence-corrected chi connectivity index (χ1v) is 16.7. The fourth-order valence-corrected chi connectivity index (χ4v) is 8.92. The number of nitrogens with one attached hydrogen (secondary N) is 1. The van der Waals surface area contributed by atoms with Gasteiger partial charge < -0.3 is 5.11 Å². The maximum atomic E-state index is 15.2. The maximum Gasteiger partial charge on any atom is 0.260 e. The lowest BCUT2D eigenvalue weighted by Crippen LogP contribution is -2.53. The van der Waals surface area contributed by atoms with Crippen LogP contribution >= 0.6 is 0 Å². The summed E-state index contributed by atoms with van der Waals surface area (Å²) >= 11 is 0. The third kappa shape index (κ3) is 4.49. The number of hydrogen-bond donors (Lipinski definition) is 2. The van der Waals surface area contributed by atoms with E-state index in [-0.39, 0.29) is 24.0 Å². The van der Waals surface area contributed by atoms with E-state index in [9.17, 15) is 19.5 Å². The largest absolute Gasteiger partial charge is 0.507 e. The minimum absolute atomic E-state index is 0.0375. The van der Waals surface area contributed by atoms with Gasteiger partial charge >= 0.3 is 0 Å². The van der Waals surface area contributed by atoms with E-state index in [1.54, 1.807) is 6.08 Å². The molecule has 2 heterocycles. The van der Waals surface area contributed by atoms with Crippen LogP contribution in [0.3, 0.4) is 0 Å². The molecule has 2 saturated heterocycles. The van der Waals surface area contributed by atoms with E-state index in [1.165, 1.54) is 4.90 Å². The number of aryl methyl sites for hydroxylation is 1. The van der Waals surface area contributed by atoms with E-state index in [1.807, 2.05) is 107 Å². The van der Waals surface area contributed by atoms with Crippen LogP contribution in [-0.4, -0.2) is 44.2 Å². The average Bonchev–Trinajstić information content (AvgIpc) is 3.45. The highest BCUT2D eigenvalue weighted by Crippen LogP contribution is 2.65. The zero-order valence-corrected chi connectivity index (χ0v) is 27.8. The van der Waals surface area contributed by atoms with Crippen LogP contribution in [0.1, 0.15) is 61.8 Å². The molecule has 0 spiro atoms. The SMILES string of the molecule is C=CCc1cccc(C2C3=CCC4C(=O)N(C(C)(C)C)C(=O)C4C3CC3C(=O)N(Nc4ccc(C)cc4)C(=O)C32c2ccccc2)c1O. The zero-order valence-electron chi connectivity index (χ0n) is 27.8. The highest BCUT2D eigenvalue weighted by atomic mass is 16.3. The van der Waals surface area contributed by atoms with Crippen LogP contribution in [0.25, 0.3) is 0 Å². The van der Waals surface area contributed by atoms with Crippen molar-refractivity contribution in [3.63, 3.8) is 0 Å². The number of anilines is 1. The molecule has 3 aromatic carbocycles. The van der Waals surface area contributed by atoms with Crippen LogP contribution in [0.2, 0.25) is 0 Å². The Hall–Kier alpha value is -4.98. The summed E-state index contributed by atoms with van der Waals surface area (Å²) in [6.07, 6.45) is 4.68. The summed E-state index contributed by atoms with van der Waals surface area (Å²) in [5.74, 6) is -4.61. The zero-order chi connectivity index (χ0) is 34.1. The number of imide groups is 2. The van der Waals surface area contributed by atoms with Gasteiger partial charge in [-0.3, -0.25) is 29.5 Å². The summed E-state index contributed by atoms with van der Waals surface area (Å²) in [5, 5.41) is 13.1. The monoisotopic (exact) mass is 643 g/mol. The number of allylic oxidation sites excluding steroid dienone is 3. The van der Waals surface area contributed by atoms with Crippen molar-refractivity contribution < 1.29 is 24.3 Å². The highest BCUT2D eigenvalue weighted by Gasteiger charge is 2.71. The minimum Gasteiger partial charge on any atom is -0.507 e. The summed E-state index contributed by atoms with van der Waals surface area (Å²) in [6.45, 7) is 11.4. The van der Waals surface area contributed by atoms with Crippen molar-refractivity contribution in [2.24, 2.45) is 23.7 Å². The first-order chi connectivity index (χ1) is 22.9. The van der Waals surface area contributed by atoms with Crippen molar-refractivity contribution in [1.29, 1.82) is 0 Å². The van der Waals surface area contributed by atoms with Crippen LogP contribution in [-0.2, 0) is 31.0 Å². The summed E-state index contributed by atoms with van der Waals surface area (Å²) in [6, 6.07) is 22.3. The Morgan fingerprint density at radius 1 is 0.917 bits per heavy atom. The molecular formula is C40H41N3O5. The molecule has 0 radical (unpaired) electrons. The number of fused-ring (bicyclic) bond motifs is 4. The Morgan fingerprint density at radius 3 is 2.29 bits per heavy atom. The quantitative estimate of drug-likeness (QED) is 0.244. The van der Waals surface area contributed by atoms with E-state index in [0.29, 0.717) is 35.2 Å². The third-order valence-electron chi connectivity index (χ3n) is 10.9. The predicted molar refractivity (Wildman–Crippen MR) is 182 cm³/mol. The molecule has 2 N–H and O–H groups in total. The second-order valence-corrected chi connectivity index (χ2v) is 14.6. The van der Waals surface area contributed by atoms with Crippen LogP contribution in [0.15, 0.2) is 97.1 Å². The molecule has 4 amide bonds. The second kappa shape index (κ2) is 11.3. The third-order valence-corrected chi connectivity index (χ3v) is 10.9. The lowest BCUT2D eigenvalue weighted by atomic mass is 9.49. The molecule has 2 aliphatic carbocycles. The molecule has 0 aromatic heterocycles. The molecule has 8 nitrogen and oxygen atoms in total. The molecule has 3 aromatic rings. The topological polar surface area (TPSA) is 107 Å². The fraction of sp³-hybridized carbons (Fsp3) is 0.350. The Balaban J connectivity index is 1.47. The molecule has 0 bridgehead atoms. The Kier molecular flexibility index (Phi) is 7.46. The Bertz CT molecular complexity index is 1870. The molecule has 6 atom stereocenters. The number of likely N-dealkylation sites (tertiary alicyclic amines) is 1. The van der Waals surface area contributed by atoms with Gasteiger partial charge in [-0.1, -0.05) is 84.0 Å². The van der Waals surface area contributed by atoms with Gasteiger partial charge in [0.2, 0.25) is 11.8 Å². The highest BCUT2D eigenvalue weighted by molar-refractivity contribution is 6.13. The average molecular weight is 644 g/mol. The number of rotatable bonds is 6. The molecule has 3 fully saturated rings. The van der Waals surface area contributed by atoms with Gasteiger partial charge in [-0.15, -0.1) is 6.58 Å². The predicted octanol–water partition coefficient (Wildman–Crippen LogP) is 6.21. The lowest BCUT2D eigenvalue weighted by molar-refractivity contribution is -0.146. The lowest BCUT2D eigenvalue weighted by Gasteiger charge is -2.50. The van der Waals surface area contributed by atoms with Gasteiger partial charge in [0.15, 0.2) is 0 Å². The summed E-state index contributed by atoms with van der Waals surface area (Å²) in [7, 11) is 0. The number of hydrazine groups is 1. The summed E-state index contributed by atoms with van der Waals surface area (Å²) < 4.78 is 0. The van der Waals surface area contributed by atoms with E-state index in [2.05, 4.69) is 12.0 Å². The Morgan fingerprint density at radius 2 is 1.62 bits per heavy atom. The van der Waals surface area contributed by atoms with E-state index < -0.39 is 52.4 Å². The maximum absolute atomic E-state index is 15.2. The van der Waals surface area contributed by atoms with E-state index >= 15 is 4.79 Å². The number of carbonyl (C=O) groups excluding carboxylic acids is 4. The molecule has 1 saturated carbocycles. The van der Waals surface area contributed by atoms with Gasteiger partial charge in [0.25, 0.3) is 11.8 Å². The van der Waals surface area contributed by atoms with Crippen molar-refractivity contribution in [1.82, 2.24) is 9.91 Å². The molecule has 2 aliphatic heterocycles. The summed E-state index contributed by atoms with van der Waals surface area (Å²) in [4.78, 5) is 59.4. The molecule has 8 heteroatoms. The fourth-order valence-electron chi connectivity index (χ4n) is 8.92. The smallest absolute Gasteiger partial charge is 0.260 e. The number of phenols is 1. The van der Waals surface area contributed by atoms with Crippen molar-refractivity contribution in [3.05, 3.63) is 119 Å². The van der Waals surface area contributed by atoms with E-state index in [4.69, 9.17) is 0 Å². The van der Waals surface area contributed by atoms with Gasteiger partial charge in [0, 0.05) is 17.0 Å². The molecule has 246 valence electrons. The van der Waals surface area contributed by atoms with Gasteiger partial charge in [-0.2, -0.15) is 5.01 Å². The van der Waals surface area contributed by atoms with E-state index in [0.717, 1.165) is 16.1 Å². The van der Waals surface area contributed by atoms with Gasteiger partial charge in [-0.05, 0) is 76.1 Å². The number of benzene rings is 3. The minimum atomic E-state index is -1.44. The van der Waals surface area contributed by atoms with Gasteiger partial charge in [0.1, 0.15) is 5.75 Å². The standard InChI is InChI=1S/C40H41N3O5/c1-6-11-24-12-10-15-29(34(24)44)33-27-20-21-28-32(37(47)42(35(28)45)39(3,4)5)30(27)22-31-36(46)43(41-26-18-16-23(2)17-19-26)38(48)40(31,33)25-13-8-7-9-14-25/h6-10,12-20,28,30-33,41,44H,1,11,21-22H2,2-5H3. The second-order valence-electron chi connectivity index (χ2n) is 14.6. The number of para-hydroxylation sites is 1. The van der Waals surface area contributed by atoms with Crippen molar-refractivity contribution in [2.45, 2.75) is 63.8 Å². The van der Waals surface area contributed by atoms with Crippen LogP contribution < -0.4 is 5.43 Å². The van der Waals surface area contributed by atoms with Crippen molar-refractivity contribution in [3.8, 4) is 5.75 Å². The van der Waals surface area contributed by atoms with Crippen molar-refractivity contribution >= 4 is 29.3 Å². The number of amides is 4. The van der Waals surface area contributed by atoms with Crippen LogP contribution in [0.4, 0.5) is 5.69 Å². The molecule has 48 heavy (non-hydrogen) atoms. The normalized spacial score (nSPS) is 28.2. The van der Waals surface area contributed by atoms with Crippen LogP contribution in [0.5, 0.6) is 5.75 Å². The molecule has 7 rings (SSSR count). The van der Waals surface area contributed by atoms with Crippen molar-refractivity contribution in [2.75, 3.05) is 5.43 Å². The number of carbonyl (C=O) groups is 4. The van der Waals surface area contributed by atoms with Crippen LogP contribution in [0, 0.1) is 30.6 Å². The number of phenolic OH excluding ortho intramolecular Hbond substituents is 1. The number of aromatic hydroxyl groups is 1. The Labute approximate surface area is 281 Å². The first kappa shape index (κ1) is 31.6. The number of hydrogen-bond acceptors (Lipinski definition) is 6. The summed E-state index contributed by atoms with van der Waals surface area (Å²) in [5.41, 5.74) is 5.23. The molecule has 6 unspecified atom stereocenters. The van der Waals surface area contributed by atoms with Gasteiger partial charge in [-0.25, -0.2) is 0 Å². The van der Waals surface area contributed by atoms with Gasteiger partial charge in [0.05, 0.1) is 28.9 Å². The first-order valence-electron chi connectivity index (χ1n) is 16.7. The number of nitrogens with zero attached hydrogens (tertiary/aromatic N) is 2.